The largest absolute Gasteiger partial charge is 0.355 e. The number of carbonyl (C=O) groups excluding carboxylic acids is 1. The molecule has 0 aromatic heterocycles. The van der Waals surface area contributed by atoms with Crippen LogP contribution in [-0.2, 0) is 4.79 Å². The summed E-state index contributed by atoms with van der Waals surface area (Å²) in [5.74, 6) is 0.865. The summed E-state index contributed by atoms with van der Waals surface area (Å²) in [6, 6.07) is -0.354. The molecule has 0 spiro atoms. The van der Waals surface area contributed by atoms with E-state index in [9.17, 15) is 4.79 Å². The number of nitrogens with two attached hydrogens (primary N) is 1. The van der Waals surface area contributed by atoms with Gasteiger partial charge in [-0.25, -0.2) is 0 Å². The summed E-state index contributed by atoms with van der Waals surface area (Å²) in [4.78, 5) is 11.5. The maximum atomic E-state index is 11.5. The Labute approximate surface area is 99.6 Å². The molecule has 0 aliphatic carbocycles. The van der Waals surface area contributed by atoms with Crippen LogP contribution in [0.5, 0.6) is 0 Å². The van der Waals surface area contributed by atoms with Crippen molar-refractivity contribution < 1.29 is 4.79 Å². The first-order chi connectivity index (χ1) is 6.49. The predicted octanol–water partition coefficient (Wildman–Crippen LogP) is 1.94. The molecule has 1 amide bonds. The molecule has 0 rings (SSSR count). The smallest absolute Gasteiger partial charge is 0.237 e. The zero-order valence-corrected chi connectivity index (χ0v) is 11.1. The molecule has 3 nitrogen and oxygen atoms in total. The third-order valence-electron chi connectivity index (χ3n) is 2.58. The second-order valence-electron chi connectivity index (χ2n) is 4.38. The van der Waals surface area contributed by atoms with Crippen LogP contribution in [0.4, 0.5) is 0 Å². The molecule has 2 atom stereocenters. The number of rotatable bonds is 6. The van der Waals surface area contributed by atoms with E-state index in [1.165, 1.54) is 0 Å². The van der Waals surface area contributed by atoms with Crippen LogP contribution in [0.1, 0.15) is 40.5 Å². The minimum Gasteiger partial charge on any atom is -0.355 e. The highest BCUT2D eigenvalue weighted by molar-refractivity contribution is 5.85. The van der Waals surface area contributed by atoms with Gasteiger partial charge in [0.1, 0.15) is 0 Å². The van der Waals surface area contributed by atoms with Crippen molar-refractivity contribution in [2.24, 2.45) is 17.6 Å². The molecule has 0 bridgehead atoms. The molecule has 0 radical (unpaired) electrons. The molecule has 15 heavy (non-hydrogen) atoms. The van der Waals surface area contributed by atoms with Gasteiger partial charge in [0, 0.05) is 6.54 Å². The van der Waals surface area contributed by atoms with Crippen LogP contribution in [-0.4, -0.2) is 18.5 Å². The zero-order chi connectivity index (χ0) is 11.1. The van der Waals surface area contributed by atoms with Gasteiger partial charge in [-0.05, 0) is 18.3 Å². The number of halogens is 1. The molecule has 0 aliphatic rings. The van der Waals surface area contributed by atoms with Crippen LogP contribution in [0.25, 0.3) is 0 Å². The van der Waals surface area contributed by atoms with Crippen molar-refractivity contribution in [2.45, 2.75) is 46.6 Å². The summed E-state index contributed by atoms with van der Waals surface area (Å²) >= 11 is 0. The molecule has 0 heterocycles. The molecular formula is C11H25ClN2O. The average Bonchev–Trinajstić information content (AvgIpc) is 2.14. The lowest BCUT2D eigenvalue weighted by Gasteiger charge is -2.17. The molecule has 92 valence electrons. The molecule has 0 saturated heterocycles. The molecule has 2 unspecified atom stereocenters. The van der Waals surface area contributed by atoms with Gasteiger partial charge in [-0.3, -0.25) is 4.79 Å². The van der Waals surface area contributed by atoms with E-state index < -0.39 is 0 Å². The van der Waals surface area contributed by atoms with Gasteiger partial charge in [0.15, 0.2) is 0 Å². The van der Waals surface area contributed by atoms with E-state index in [-0.39, 0.29) is 30.3 Å². The summed E-state index contributed by atoms with van der Waals surface area (Å²) in [7, 11) is 0. The Morgan fingerprint density at radius 3 is 2.27 bits per heavy atom. The first-order valence-electron chi connectivity index (χ1n) is 5.52. The van der Waals surface area contributed by atoms with Gasteiger partial charge >= 0.3 is 0 Å². The summed E-state index contributed by atoms with van der Waals surface area (Å²) in [5, 5.41) is 2.87. The van der Waals surface area contributed by atoms with E-state index in [4.69, 9.17) is 5.73 Å². The van der Waals surface area contributed by atoms with Gasteiger partial charge in [-0.1, -0.05) is 34.1 Å². The molecule has 3 N–H and O–H groups in total. The highest BCUT2D eigenvalue weighted by Crippen LogP contribution is 2.05. The van der Waals surface area contributed by atoms with Crippen LogP contribution in [0.3, 0.4) is 0 Å². The van der Waals surface area contributed by atoms with Gasteiger partial charge in [-0.2, -0.15) is 0 Å². The van der Waals surface area contributed by atoms with Crippen LogP contribution < -0.4 is 11.1 Å². The topological polar surface area (TPSA) is 55.1 Å². The molecular weight excluding hydrogens is 212 g/mol. The van der Waals surface area contributed by atoms with Crippen molar-refractivity contribution in [3.05, 3.63) is 0 Å². The fraction of sp³-hybridized carbons (Fsp3) is 0.909. The highest BCUT2D eigenvalue weighted by Gasteiger charge is 2.18. The van der Waals surface area contributed by atoms with E-state index in [1.807, 2.05) is 13.8 Å². The van der Waals surface area contributed by atoms with E-state index >= 15 is 0 Å². The van der Waals surface area contributed by atoms with E-state index in [1.54, 1.807) is 0 Å². The van der Waals surface area contributed by atoms with Crippen LogP contribution in [0, 0.1) is 11.8 Å². The molecule has 0 aromatic rings. The van der Waals surface area contributed by atoms with Gasteiger partial charge in [-0.15, -0.1) is 12.4 Å². The first-order valence-corrected chi connectivity index (χ1v) is 5.52. The number of nitrogens with one attached hydrogen (secondary N) is 1. The van der Waals surface area contributed by atoms with Crippen molar-refractivity contribution in [3.8, 4) is 0 Å². The standard InChI is InChI=1S/C11H24N2O.ClH/c1-5-9(4)10(12)11(14)13-7-6-8(2)3;/h8-10H,5-7,12H2,1-4H3,(H,13,14);1H. The van der Waals surface area contributed by atoms with Crippen molar-refractivity contribution in [1.82, 2.24) is 5.32 Å². The number of hydrogen-bond acceptors (Lipinski definition) is 2. The lowest BCUT2D eigenvalue weighted by molar-refractivity contribution is -0.123. The van der Waals surface area contributed by atoms with Crippen LogP contribution in [0.2, 0.25) is 0 Å². The van der Waals surface area contributed by atoms with Crippen LogP contribution >= 0.6 is 12.4 Å². The van der Waals surface area contributed by atoms with Crippen molar-refractivity contribution in [3.63, 3.8) is 0 Å². The second-order valence-corrected chi connectivity index (χ2v) is 4.38. The third-order valence-corrected chi connectivity index (χ3v) is 2.58. The normalized spacial score (nSPS) is 14.3. The summed E-state index contributed by atoms with van der Waals surface area (Å²) in [6.07, 6.45) is 1.96. The Hall–Kier alpha value is -0.280. The Bertz CT molecular complexity index is 174. The minimum absolute atomic E-state index is 0. The quantitative estimate of drug-likeness (QED) is 0.741. The fourth-order valence-electron chi connectivity index (χ4n) is 1.11. The Morgan fingerprint density at radius 1 is 1.33 bits per heavy atom. The summed E-state index contributed by atoms with van der Waals surface area (Å²) in [5.41, 5.74) is 5.78. The second kappa shape index (κ2) is 8.98. The van der Waals surface area contributed by atoms with Crippen LogP contribution in [0.15, 0.2) is 0 Å². The average molecular weight is 237 g/mol. The Morgan fingerprint density at radius 2 is 1.87 bits per heavy atom. The monoisotopic (exact) mass is 236 g/mol. The van der Waals surface area contributed by atoms with Crippen molar-refractivity contribution in [2.75, 3.05) is 6.54 Å². The first kappa shape index (κ1) is 17.1. The minimum atomic E-state index is -0.354. The van der Waals surface area contributed by atoms with Crippen molar-refractivity contribution >= 4 is 18.3 Å². The zero-order valence-electron chi connectivity index (χ0n) is 10.2. The summed E-state index contributed by atoms with van der Waals surface area (Å²) in [6.45, 7) is 9.07. The van der Waals surface area contributed by atoms with Gasteiger partial charge in [0.05, 0.1) is 6.04 Å². The van der Waals surface area contributed by atoms with Gasteiger partial charge in [0.25, 0.3) is 0 Å². The molecule has 0 saturated carbocycles. The molecule has 0 aromatic carbocycles. The maximum absolute atomic E-state index is 11.5. The molecule has 0 fully saturated rings. The predicted molar refractivity (Wildman–Crippen MR) is 67.1 cm³/mol. The number of hydrogen-bond donors (Lipinski definition) is 2. The third kappa shape index (κ3) is 7.63. The van der Waals surface area contributed by atoms with Crippen molar-refractivity contribution in [1.29, 1.82) is 0 Å². The van der Waals surface area contributed by atoms with E-state index in [0.29, 0.717) is 5.92 Å². The molecule has 4 heteroatoms. The maximum Gasteiger partial charge on any atom is 0.237 e. The van der Waals surface area contributed by atoms with Gasteiger partial charge < -0.3 is 11.1 Å². The fourth-order valence-corrected chi connectivity index (χ4v) is 1.11. The molecule has 0 aliphatic heterocycles. The number of amides is 1. The highest BCUT2D eigenvalue weighted by atomic mass is 35.5. The number of carbonyl (C=O) groups is 1. The SMILES string of the molecule is CCC(C)C(N)C(=O)NCCC(C)C.Cl. The Kier molecular flexibility index (Phi) is 10.3. The Balaban J connectivity index is 0. The lowest BCUT2D eigenvalue weighted by atomic mass is 9.99. The van der Waals surface area contributed by atoms with E-state index in [2.05, 4.69) is 19.2 Å². The van der Waals surface area contributed by atoms with Gasteiger partial charge in [0.2, 0.25) is 5.91 Å². The van der Waals surface area contributed by atoms with E-state index in [0.717, 1.165) is 19.4 Å². The summed E-state index contributed by atoms with van der Waals surface area (Å²) < 4.78 is 0. The lowest BCUT2D eigenvalue weighted by Crippen LogP contribution is -2.45.